The fraction of sp³-hybridized carbons (Fsp3) is 0. The molecule has 0 aliphatic rings. The molecule has 5 aromatic carbocycles. The second kappa shape index (κ2) is 6.16. The van der Waals surface area contributed by atoms with Crippen molar-refractivity contribution in [2.45, 2.75) is 0 Å². The summed E-state index contributed by atoms with van der Waals surface area (Å²) in [5.74, 6) is 0. The molecule has 5 rings (SSSR count). The van der Waals surface area contributed by atoms with E-state index in [1.807, 2.05) is 0 Å². The van der Waals surface area contributed by atoms with Crippen molar-refractivity contribution >= 4 is 21.5 Å². The minimum absolute atomic E-state index is 1.26. The molecule has 122 valence electrons. The summed E-state index contributed by atoms with van der Waals surface area (Å²) in [6.07, 6.45) is 0. The first kappa shape index (κ1) is 14.9. The molecule has 0 heteroatoms. The zero-order valence-corrected chi connectivity index (χ0v) is 14.4. The number of fused-ring (bicyclic) bond motifs is 2. The van der Waals surface area contributed by atoms with E-state index in [9.17, 15) is 0 Å². The van der Waals surface area contributed by atoms with Crippen molar-refractivity contribution in [1.82, 2.24) is 0 Å². The molecule has 0 atom stereocenters. The average molecular weight is 330 g/mol. The van der Waals surface area contributed by atoms with Gasteiger partial charge in [-0.2, -0.15) is 0 Å². The van der Waals surface area contributed by atoms with Gasteiger partial charge in [0.25, 0.3) is 0 Å². The molecular weight excluding hydrogens is 312 g/mol. The van der Waals surface area contributed by atoms with Gasteiger partial charge in [-0.15, -0.1) is 0 Å². The molecule has 0 fully saturated rings. The Labute approximate surface area is 153 Å². The third kappa shape index (κ3) is 2.57. The van der Waals surface area contributed by atoms with Crippen molar-refractivity contribution < 1.29 is 0 Å². The molecule has 0 heterocycles. The van der Waals surface area contributed by atoms with Gasteiger partial charge in [0.1, 0.15) is 0 Å². The van der Waals surface area contributed by atoms with Crippen molar-refractivity contribution in [1.29, 1.82) is 0 Å². The van der Waals surface area contributed by atoms with E-state index in [0.717, 1.165) is 0 Å². The lowest BCUT2D eigenvalue weighted by Gasteiger charge is -2.12. The first-order valence-electron chi connectivity index (χ1n) is 8.96. The van der Waals surface area contributed by atoms with E-state index in [2.05, 4.69) is 109 Å². The van der Waals surface area contributed by atoms with Crippen LogP contribution in [0, 0.1) is 0 Å². The monoisotopic (exact) mass is 330 g/mol. The zero-order valence-electron chi connectivity index (χ0n) is 14.4. The first-order valence-corrected chi connectivity index (χ1v) is 8.96. The van der Waals surface area contributed by atoms with Crippen LogP contribution in [0.3, 0.4) is 0 Å². The van der Waals surface area contributed by atoms with E-state index >= 15 is 0 Å². The predicted molar refractivity (Wildman–Crippen MR) is 112 cm³/mol. The van der Waals surface area contributed by atoms with Crippen LogP contribution in [0.25, 0.3) is 43.8 Å². The van der Waals surface area contributed by atoms with Crippen molar-refractivity contribution in [3.8, 4) is 22.3 Å². The summed E-state index contributed by atoms with van der Waals surface area (Å²) in [5.41, 5.74) is 5.06. The lowest BCUT2D eigenvalue weighted by Crippen LogP contribution is -1.86. The highest BCUT2D eigenvalue weighted by Crippen LogP contribution is 2.34. The maximum atomic E-state index is 2.29. The Hall–Kier alpha value is -3.38. The van der Waals surface area contributed by atoms with Crippen LogP contribution < -0.4 is 0 Å². The number of hydrogen-bond donors (Lipinski definition) is 0. The van der Waals surface area contributed by atoms with Crippen LogP contribution in [0.2, 0.25) is 0 Å². The molecule has 0 bridgehead atoms. The van der Waals surface area contributed by atoms with Crippen LogP contribution in [0.15, 0.2) is 109 Å². The molecule has 0 N–H and O–H groups in total. The Kier molecular flexibility index (Phi) is 3.54. The van der Waals surface area contributed by atoms with Gasteiger partial charge in [-0.05, 0) is 55.9 Å². The molecule has 0 unspecified atom stereocenters. The van der Waals surface area contributed by atoms with Crippen LogP contribution >= 0.6 is 0 Å². The maximum Gasteiger partial charge on any atom is -0.0105 e. The van der Waals surface area contributed by atoms with E-state index in [4.69, 9.17) is 0 Å². The molecule has 0 radical (unpaired) electrons. The summed E-state index contributed by atoms with van der Waals surface area (Å²) in [6.45, 7) is 0. The van der Waals surface area contributed by atoms with Crippen LogP contribution in [0.5, 0.6) is 0 Å². The second-order valence-electron chi connectivity index (χ2n) is 6.67. The van der Waals surface area contributed by atoms with Gasteiger partial charge < -0.3 is 0 Å². The Morgan fingerprint density at radius 3 is 1.15 bits per heavy atom. The van der Waals surface area contributed by atoms with Gasteiger partial charge in [0.05, 0.1) is 0 Å². The molecule has 0 nitrogen and oxygen atoms in total. The van der Waals surface area contributed by atoms with Crippen LogP contribution in [-0.2, 0) is 0 Å². The van der Waals surface area contributed by atoms with E-state index in [-0.39, 0.29) is 0 Å². The molecule has 26 heavy (non-hydrogen) atoms. The number of hydrogen-bond acceptors (Lipinski definition) is 0. The van der Waals surface area contributed by atoms with Gasteiger partial charge >= 0.3 is 0 Å². The fourth-order valence-corrected chi connectivity index (χ4v) is 3.70. The Balaban J connectivity index is 1.70. The summed E-state index contributed by atoms with van der Waals surface area (Å²) in [7, 11) is 0. The van der Waals surface area contributed by atoms with Gasteiger partial charge in [0.15, 0.2) is 0 Å². The highest BCUT2D eigenvalue weighted by atomic mass is 14.1. The molecule has 0 aliphatic carbocycles. The van der Waals surface area contributed by atoms with Crippen LogP contribution in [-0.4, -0.2) is 0 Å². The fourth-order valence-electron chi connectivity index (χ4n) is 3.70. The Morgan fingerprint density at radius 2 is 0.692 bits per heavy atom. The van der Waals surface area contributed by atoms with E-state index in [1.165, 1.54) is 43.8 Å². The summed E-state index contributed by atoms with van der Waals surface area (Å²) >= 11 is 0. The third-order valence-corrected chi connectivity index (χ3v) is 5.05. The predicted octanol–water partition coefficient (Wildman–Crippen LogP) is 7.33. The Bertz CT molecular complexity index is 1130. The molecule has 0 saturated heterocycles. The number of benzene rings is 5. The van der Waals surface area contributed by atoms with Gasteiger partial charge in [-0.25, -0.2) is 0 Å². The largest absolute Gasteiger partial charge is 0.0616 e. The Morgan fingerprint density at radius 1 is 0.308 bits per heavy atom. The smallest absolute Gasteiger partial charge is 0.0105 e. The quantitative estimate of drug-likeness (QED) is 0.318. The van der Waals surface area contributed by atoms with Gasteiger partial charge in [0, 0.05) is 0 Å². The van der Waals surface area contributed by atoms with Gasteiger partial charge in [-0.3, -0.25) is 0 Å². The summed E-state index contributed by atoms with van der Waals surface area (Å²) < 4.78 is 0. The lowest BCUT2D eigenvalue weighted by atomic mass is 9.92. The highest BCUT2D eigenvalue weighted by molar-refractivity contribution is 5.94. The van der Waals surface area contributed by atoms with Crippen molar-refractivity contribution in [3.05, 3.63) is 109 Å². The van der Waals surface area contributed by atoms with E-state index < -0.39 is 0 Å². The van der Waals surface area contributed by atoms with Crippen molar-refractivity contribution in [3.63, 3.8) is 0 Å². The topological polar surface area (TPSA) is 0 Å². The van der Waals surface area contributed by atoms with Crippen molar-refractivity contribution in [2.24, 2.45) is 0 Å². The summed E-state index contributed by atoms with van der Waals surface area (Å²) in [6, 6.07) is 39.2. The maximum absolute atomic E-state index is 2.29. The minimum atomic E-state index is 1.26. The molecular formula is C26H18. The number of rotatable bonds is 2. The highest BCUT2D eigenvalue weighted by Gasteiger charge is 2.08. The second-order valence-corrected chi connectivity index (χ2v) is 6.67. The molecule has 0 aromatic heterocycles. The summed E-state index contributed by atoms with van der Waals surface area (Å²) in [4.78, 5) is 0. The minimum Gasteiger partial charge on any atom is -0.0616 e. The van der Waals surface area contributed by atoms with Crippen LogP contribution in [0.1, 0.15) is 0 Å². The molecule has 5 aromatic rings. The van der Waals surface area contributed by atoms with E-state index in [1.54, 1.807) is 0 Å². The summed E-state index contributed by atoms with van der Waals surface area (Å²) in [5, 5.41) is 5.11. The first-order chi connectivity index (χ1) is 12.9. The SMILES string of the molecule is c1ccc(-c2ccc3ccccc3c2)c(-c2ccc3ccccc3c2)c1. The molecule has 0 aliphatic heterocycles. The average Bonchev–Trinajstić information content (AvgIpc) is 2.73. The van der Waals surface area contributed by atoms with Gasteiger partial charge in [-0.1, -0.05) is 97.1 Å². The van der Waals surface area contributed by atoms with E-state index in [0.29, 0.717) is 0 Å². The normalized spacial score (nSPS) is 11.1. The van der Waals surface area contributed by atoms with Gasteiger partial charge in [0.2, 0.25) is 0 Å². The molecule has 0 saturated carbocycles. The standard InChI is InChI=1S/C26H18/c1-3-9-21-17-23(15-13-19(21)7-1)25-11-5-6-12-26(25)24-16-14-20-8-2-4-10-22(20)18-24/h1-18H. The van der Waals surface area contributed by atoms with Crippen molar-refractivity contribution in [2.75, 3.05) is 0 Å². The lowest BCUT2D eigenvalue weighted by molar-refractivity contribution is 1.61. The molecule has 0 spiro atoms. The zero-order chi connectivity index (χ0) is 17.3. The molecule has 0 amide bonds. The van der Waals surface area contributed by atoms with Crippen LogP contribution in [0.4, 0.5) is 0 Å². The third-order valence-electron chi connectivity index (χ3n) is 5.05.